The lowest BCUT2D eigenvalue weighted by Gasteiger charge is -2.42. The summed E-state index contributed by atoms with van der Waals surface area (Å²) in [7, 11) is 0. The number of ketones is 1. The topological polar surface area (TPSA) is 26.3 Å². The van der Waals surface area contributed by atoms with Gasteiger partial charge in [-0.1, -0.05) is 23.7 Å². The van der Waals surface area contributed by atoms with E-state index in [4.69, 9.17) is 16.3 Å². The Morgan fingerprint density at radius 1 is 1.38 bits per heavy atom. The number of rotatable bonds is 2. The van der Waals surface area contributed by atoms with Crippen LogP contribution in [0.15, 0.2) is 18.2 Å². The average molecular weight is 325 g/mol. The minimum atomic E-state index is -0.0433. The van der Waals surface area contributed by atoms with Crippen molar-refractivity contribution in [3.05, 3.63) is 34.3 Å². The molecule has 2 aliphatic heterocycles. The second-order valence-electron chi connectivity index (χ2n) is 6.16. The van der Waals surface area contributed by atoms with Crippen LogP contribution in [0.25, 0.3) is 0 Å². The highest BCUT2D eigenvalue weighted by Crippen LogP contribution is 2.40. The zero-order chi connectivity index (χ0) is 14.9. The van der Waals surface area contributed by atoms with E-state index in [9.17, 15) is 4.79 Å². The molecule has 1 atom stereocenters. The highest BCUT2D eigenvalue weighted by Gasteiger charge is 2.41. The van der Waals surface area contributed by atoms with Gasteiger partial charge in [0.05, 0.1) is 5.60 Å². The molecular weight excluding hydrogens is 304 g/mol. The number of hydrogen-bond donors (Lipinski definition) is 0. The summed E-state index contributed by atoms with van der Waals surface area (Å²) in [5.41, 5.74) is 1.72. The van der Waals surface area contributed by atoms with Gasteiger partial charge >= 0.3 is 0 Å². The molecule has 0 aliphatic carbocycles. The van der Waals surface area contributed by atoms with Gasteiger partial charge in [0.25, 0.3) is 0 Å². The Kier molecular flexibility index (Phi) is 4.63. The second kappa shape index (κ2) is 6.31. The minimum Gasteiger partial charge on any atom is -0.375 e. The van der Waals surface area contributed by atoms with E-state index in [1.807, 2.05) is 36.9 Å². The third kappa shape index (κ3) is 3.30. The molecule has 2 nitrogen and oxygen atoms in total. The van der Waals surface area contributed by atoms with Crippen LogP contribution in [0.1, 0.15) is 41.6 Å². The van der Waals surface area contributed by atoms with Crippen LogP contribution in [-0.4, -0.2) is 29.5 Å². The molecule has 2 aliphatic rings. The Morgan fingerprint density at radius 3 is 2.86 bits per heavy atom. The van der Waals surface area contributed by atoms with Crippen molar-refractivity contribution in [2.75, 3.05) is 18.1 Å². The van der Waals surface area contributed by atoms with Gasteiger partial charge in [-0.2, -0.15) is 11.8 Å². The highest BCUT2D eigenvalue weighted by atomic mass is 35.5. The van der Waals surface area contributed by atoms with Crippen LogP contribution >= 0.6 is 23.4 Å². The summed E-state index contributed by atoms with van der Waals surface area (Å²) >= 11 is 8.15. The molecule has 4 heteroatoms. The van der Waals surface area contributed by atoms with Gasteiger partial charge in [0.15, 0.2) is 5.78 Å². The zero-order valence-corrected chi connectivity index (χ0v) is 13.9. The number of carbonyl (C=O) groups is 1. The number of aryl methyl sites for hydroxylation is 1. The fraction of sp³-hybridized carbons (Fsp3) is 0.588. The van der Waals surface area contributed by atoms with Crippen molar-refractivity contribution in [3.63, 3.8) is 0 Å². The molecule has 2 fully saturated rings. The highest BCUT2D eigenvalue weighted by molar-refractivity contribution is 7.99. The van der Waals surface area contributed by atoms with Crippen LogP contribution in [0, 0.1) is 12.8 Å². The molecule has 0 N–H and O–H groups in total. The van der Waals surface area contributed by atoms with Crippen molar-refractivity contribution in [2.45, 2.75) is 38.2 Å². The Bertz CT molecular complexity index is 532. The maximum Gasteiger partial charge on any atom is 0.166 e. The summed E-state index contributed by atoms with van der Waals surface area (Å²) in [6.45, 7) is 2.67. The molecule has 1 unspecified atom stereocenters. The van der Waals surface area contributed by atoms with Crippen LogP contribution in [0.3, 0.4) is 0 Å². The summed E-state index contributed by atoms with van der Waals surface area (Å²) in [5.74, 6) is 2.62. The molecule has 3 rings (SSSR count). The summed E-state index contributed by atoms with van der Waals surface area (Å²) in [6, 6.07) is 5.66. The van der Waals surface area contributed by atoms with Crippen molar-refractivity contribution in [1.29, 1.82) is 0 Å². The molecule has 21 heavy (non-hydrogen) atoms. The van der Waals surface area contributed by atoms with Gasteiger partial charge in [0.1, 0.15) is 0 Å². The number of benzene rings is 1. The van der Waals surface area contributed by atoms with Crippen molar-refractivity contribution in [1.82, 2.24) is 0 Å². The molecular formula is C17H21ClO2S. The lowest BCUT2D eigenvalue weighted by molar-refractivity contribution is -0.0959. The normalized spacial score (nSPS) is 25.0. The monoisotopic (exact) mass is 324 g/mol. The predicted octanol–water partition coefficient (Wildman–Crippen LogP) is 4.52. The van der Waals surface area contributed by atoms with E-state index in [2.05, 4.69) is 0 Å². The lowest BCUT2D eigenvalue weighted by Crippen LogP contribution is -2.44. The van der Waals surface area contributed by atoms with Gasteiger partial charge < -0.3 is 4.74 Å². The van der Waals surface area contributed by atoms with E-state index in [0.29, 0.717) is 11.6 Å². The Labute approximate surface area is 135 Å². The molecule has 0 bridgehead atoms. The standard InChI is InChI=1S/C17H21ClO2S/c1-12-2-3-13(10-15(12)18)16(19)14-4-7-20-17(11-14)5-8-21-9-6-17/h2-3,10,14H,4-9,11H2,1H3. The maximum absolute atomic E-state index is 12.8. The first-order valence-electron chi connectivity index (χ1n) is 7.62. The van der Waals surface area contributed by atoms with Crippen molar-refractivity contribution < 1.29 is 9.53 Å². The number of halogens is 1. The molecule has 0 radical (unpaired) electrons. The summed E-state index contributed by atoms with van der Waals surface area (Å²) in [4.78, 5) is 12.8. The lowest BCUT2D eigenvalue weighted by atomic mass is 9.78. The molecule has 1 aromatic rings. The summed E-state index contributed by atoms with van der Waals surface area (Å²) in [6.07, 6.45) is 3.86. The van der Waals surface area contributed by atoms with Crippen LogP contribution in [-0.2, 0) is 4.74 Å². The van der Waals surface area contributed by atoms with Crippen LogP contribution < -0.4 is 0 Å². The van der Waals surface area contributed by atoms with Crippen LogP contribution in [0.5, 0.6) is 0 Å². The van der Waals surface area contributed by atoms with E-state index in [1.165, 1.54) is 0 Å². The number of hydrogen-bond acceptors (Lipinski definition) is 3. The van der Waals surface area contributed by atoms with Gasteiger partial charge in [0.2, 0.25) is 0 Å². The third-order valence-electron chi connectivity index (χ3n) is 4.72. The molecule has 114 valence electrons. The minimum absolute atomic E-state index is 0.0433. The first-order valence-corrected chi connectivity index (χ1v) is 9.15. The third-order valence-corrected chi connectivity index (χ3v) is 6.12. The number of thioether (sulfide) groups is 1. The van der Waals surface area contributed by atoms with Gasteiger partial charge in [-0.25, -0.2) is 0 Å². The first kappa shape index (κ1) is 15.4. The second-order valence-corrected chi connectivity index (χ2v) is 7.79. The fourth-order valence-electron chi connectivity index (χ4n) is 3.33. The first-order chi connectivity index (χ1) is 10.1. The summed E-state index contributed by atoms with van der Waals surface area (Å²) < 4.78 is 6.07. The van der Waals surface area contributed by atoms with E-state index < -0.39 is 0 Å². The van der Waals surface area contributed by atoms with E-state index in [0.717, 1.165) is 48.3 Å². The molecule has 0 saturated carbocycles. The molecule has 0 amide bonds. The molecule has 2 saturated heterocycles. The SMILES string of the molecule is Cc1ccc(C(=O)C2CCOC3(CCSCC3)C2)cc1Cl. The fourth-order valence-corrected chi connectivity index (χ4v) is 4.74. The van der Waals surface area contributed by atoms with Crippen LogP contribution in [0.4, 0.5) is 0 Å². The number of ether oxygens (including phenoxy) is 1. The molecule has 2 heterocycles. The quantitative estimate of drug-likeness (QED) is 0.748. The number of carbonyl (C=O) groups excluding carboxylic acids is 1. The molecule has 1 aromatic carbocycles. The van der Waals surface area contributed by atoms with Gasteiger partial charge in [0, 0.05) is 23.1 Å². The van der Waals surface area contributed by atoms with Crippen molar-refractivity contribution in [3.8, 4) is 0 Å². The molecule has 0 aromatic heterocycles. The maximum atomic E-state index is 12.8. The predicted molar refractivity (Wildman–Crippen MR) is 88.5 cm³/mol. The van der Waals surface area contributed by atoms with E-state index in [1.54, 1.807) is 0 Å². The van der Waals surface area contributed by atoms with E-state index in [-0.39, 0.29) is 17.3 Å². The van der Waals surface area contributed by atoms with Crippen molar-refractivity contribution >= 4 is 29.1 Å². The Balaban J connectivity index is 1.76. The zero-order valence-electron chi connectivity index (χ0n) is 12.4. The van der Waals surface area contributed by atoms with Gasteiger partial charge in [-0.3, -0.25) is 4.79 Å². The van der Waals surface area contributed by atoms with Gasteiger partial charge in [-0.15, -0.1) is 0 Å². The van der Waals surface area contributed by atoms with E-state index >= 15 is 0 Å². The largest absolute Gasteiger partial charge is 0.375 e. The average Bonchev–Trinajstić information content (AvgIpc) is 2.50. The van der Waals surface area contributed by atoms with Crippen molar-refractivity contribution in [2.24, 2.45) is 5.92 Å². The summed E-state index contributed by atoms with van der Waals surface area (Å²) in [5, 5.41) is 0.677. The number of Topliss-reactive ketones (excluding diaryl/α,β-unsaturated/α-hetero) is 1. The van der Waals surface area contributed by atoms with Crippen LogP contribution in [0.2, 0.25) is 5.02 Å². The Hall–Kier alpha value is -0.510. The smallest absolute Gasteiger partial charge is 0.166 e. The van der Waals surface area contributed by atoms with Gasteiger partial charge in [-0.05, 0) is 55.7 Å². The molecule has 1 spiro atoms. The Morgan fingerprint density at radius 2 is 2.14 bits per heavy atom.